The Morgan fingerprint density at radius 1 is 0.349 bits per heavy atom. The molecule has 0 fully saturated rings. The molecule has 0 N–H and O–H groups in total. The predicted molar refractivity (Wildman–Crippen MR) is 180 cm³/mol. The van der Waals surface area contributed by atoms with Gasteiger partial charge in [0.05, 0.1) is 0 Å². The number of nitrogens with zero attached hydrogens (tertiary/aromatic N) is 3. The third kappa shape index (κ3) is 4.58. The molecule has 43 heavy (non-hydrogen) atoms. The van der Waals surface area contributed by atoms with Crippen LogP contribution in [-0.4, -0.2) is 15.0 Å². The van der Waals surface area contributed by atoms with Crippen molar-refractivity contribution >= 4 is 32.9 Å². The first-order chi connectivity index (χ1) is 21.3. The maximum atomic E-state index is 5.19. The van der Waals surface area contributed by atoms with Crippen LogP contribution in [0.3, 0.4) is 0 Å². The van der Waals surface area contributed by atoms with Crippen LogP contribution in [0.25, 0.3) is 77.3 Å². The summed E-state index contributed by atoms with van der Waals surface area (Å²) in [6, 6.07) is 50.7. The lowest BCUT2D eigenvalue weighted by Crippen LogP contribution is -2.02. The largest absolute Gasteiger partial charge is 0.208 e. The van der Waals surface area contributed by atoms with Crippen molar-refractivity contribution in [1.29, 1.82) is 0 Å². The highest BCUT2D eigenvalue weighted by molar-refractivity contribution is 7.13. The third-order valence-electron chi connectivity index (χ3n) is 7.82. The summed E-state index contributed by atoms with van der Waals surface area (Å²) in [6.45, 7) is 0. The van der Waals surface area contributed by atoms with Gasteiger partial charge in [-0.3, -0.25) is 0 Å². The van der Waals surface area contributed by atoms with Crippen LogP contribution in [0.2, 0.25) is 0 Å². The van der Waals surface area contributed by atoms with Crippen LogP contribution >= 0.6 is 11.3 Å². The van der Waals surface area contributed by atoms with Gasteiger partial charge in [0, 0.05) is 27.1 Å². The minimum atomic E-state index is 0.653. The maximum absolute atomic E-state index is 5.19. The topological polar surface area (TPSA) is 38.7 Å². The van der Waals surface area contributed by atoms with Gasteiger partial charge in [-0.05, 0) is 50.2 Å². The molecule has 0 bridgehead atoms. The molecule has 0 saturated heterocycles. The number of fused-ring (bicyclic) bond motifs is 3. The lowest BCUT2D eigenvalue weighted by atomic mass is 9.86. The van der Waals surface area contributed by atoms with E-state index in [0.717, 1.165) is 33.2 Å². The summed E-state index contributed by atoms with van der Waals surface area (Å²) in [5.41, 5.74) is 6.36. The number of hydrogen-bond donors (Lipinski definition) is 0. The van der Waals surface area contributed by atoms with Gasteiger partial charge in [0.2, 0.25) is 0 Å². The first-order valence-electron chi connectivity index (χ1n) is 14.3. The summed E-state index contributed by atoms with van der Waals surface area (Å²) in [7, 11) is 0. The highest BCUT2D eigenvalue weighted by atomic mass is 32.1. The highest BCUT2D eigenvalue weighted by Gasteiger charge is 2.22. The van der Waals surface area contributed by atoms with E-state index < -0.39 is 0 Å². The second kappa shape index (κ2) is 10.8. The van der Waals surface area contributed by atoms with Gasteiger partial charge >= 0.3 is 0 Å². The zero-order chi connectivity index (χ0) is 28.6. The number of rotatable bonds is 5. The Balaban J connectivity index is 1.53. The van der Waals surface area contributed by atoms with E-state index in [1.807, 2.05) is 36.4 Å². The standard InChI is InChI=1S/C39H25N3S/c1-4-13-26(14-5-1)35-33-25-29(34-21-12-24-43-34)22-23-31(33)30-19-10-11-20-32(30)36(35)39-41-37(27-15-6-2-7-16-27)40-38(42-39)28-17-8-3-9-18-28/h1-25H. The van der Waals surface area contributed by atoms with Gasteiger partial charge in [-0.15, -0.1) is 11.3 Å². The SMILES string of the molecule is c1ccc(-c2nc(-c3ccccc3)nc(-c3c(-c4ccccc4)c4cc(-c5cccs5)ccc4c4ccccc34)n2)cc1. The van der Waals surface area contributed by atoms with Crippen LogP contribution in [0.4, 0.5) is 0 Å². The molecule has 2 aromatic heterocycles. The molecular weight excluding hydrogens is 543 g/mol. The molecule has 2 heterocycles. The minimum Gasteiger partial charge on any atom is -0.208 e. The Hall–Kier alpha value is -5.45. The summed E-state index contributed by atoms with van der Waals surface area (Å²) < 4.78 is 0. The summed E-state index contributed by atoms with van der Waals surface area (Å²) in [6.07, 6.45) is 0. The molecule has 4 heteroatoms. The van der Waals surface area contributed by atoms with Crippen molar-refractivity contribution in [2.24, 2.45) is 0 Å². The van der Waals surface area contributed by atoms with Gasteiger partial charge in [-0.2, -0.15) is 0 Å². The molecule has 0 unspecified atom stereocenters. The molecule has 0 saturated carbocycles. The lowest BCUT2D eigenvalue weighted by Gasteiger charge is -2.19. The van der Waals surface area contributed by atoms with Crippen LogP contribution in [0.15, 0.2) is 151 Å². The van der Waals surface area contributed by atoms with Crippen molar-refractivity contribution in [3.05, 3.63) is 151 Å². The lowest BCUT2D eigenvalue weighted by molar-refractivity contribution is 1.08. The first kappa shape index (κ1) is 25.3. The second-order valence-electron chi connectivity index (χ2n) is 10.4. The molecule has 0 aliphatic carbocycles. The average Bonchev–Trinajstić information content (AvgIpc) is 3.64. The highest BCUT2D eigenvalue weighted by Crippen LogP contribution is 2.45. The van der Waals surface area contributed by atoms with Crippen LogP contribution in [0.1, 0.15) is 0 Å². The Bertz CT molecular complexity index is 2150. The molecule has 0 spiro atoms. The smallest absolute Gasteiger partial charge is 0.165 e. The van der Waals surface area contributed by atoms with Gasteiger partial charge in [-0.25, -0.2) is 15.0 Å². The fourth-order valence-electron chi connectivity index (χ4n) is 5.84. The van der Waals surface area contributed by atoms with Crippen molar-refractivity contribution in [2.75, 3.05) is 0 Å². The van der Waals surface area contributed by atoms with Gasteiger partial charge in [0.25, 0.3) is 0 Å². The van der Waals surface area contributed by atoms with E-state index in [1.165, 1.54) is 26.6 Å². The van der Waals surface area contributed by atoms with E-state index >= 15 is 0 Å². The molecule has 3 nitrogen and oxygen atoms in total. The number of thiophene rings is 1. The van der Waals surface area contributed by atoms with Crippen molar-refractivity contribution in [3.63, 3.8) is 0 Å². The Labute approximate surface area is 253 Å². The average molecular weight is 568 g/mol. The van der Waals surface area contributed by atoms with E-state index in [2.05, 4.69) is 115 Å². The molecule has 0 aliphatic rings. The fourth-order valence-corrected chi connectivity index (χ4v) is 6.57. The number of benzene rings is 6. The molecular formula is C39H25N3S. The molecule has 6 aromatic carbocycles. The Morgan fingerprint density at radius 2 is 0.884 bits per heavy atom. The molecule has 0 amide bonds. The zero-order valence-corrected chi connectivity index (χ0v) is 24.0. The summed E-state index contributed by atoms with van der Waals surface area (Å²) in [5.74, 6) is 1.96. The van der Waals surface area contributed by atoms with Gasteiger partial charge in [0.15, 0.2) is 17.5 Å². The fraction of sp³-hybridized carbons (Fsp3) is 0. The number of hydrogen-bond acceptors (Lipinski definition) is 4. The van der Waals surface area contributed by atoms with Gasteiger partial charge < -0.3 is 0 Å². The molecule has 202 valence electrons. The molecule has 8 rings (SSSR count). The van der Waals surface area contributed by atoms with E-state index in [9.17, 15) is 0 Å². The molecule has 0 radical (unpaired) electrons. The van der Waals surface area contributed by atoms with Crippen molar-refractivity contribution < 1.29 is 0 Å². The van der Waals surface area contributed by atoms with Crippen molar-refractivity contribution in [1.82, 2.24) is 15.0 Å². The summed E-state index contributed by atoms with van der Waals surface area (Å²) in [4.78, 5) is 16.6. The predicted octanol–water partition coefficient (Wildman–Crippen LogP) is 10.6. The van der Waals surface area contributed by atoms with Gasteiger partial charge in [0.1, 0.15) is 0 Å². The second-order valence-corrected chi connectivity index (χ2v) is 11.4. The van der Waals surface area contributed by atoms with E-state index in [-0.39, 0.29) is 0 Å². The van der Waals surface area contributed by atoms with Crippen molar-refractivity contribution in [2.45, 2.75) is 0 Å². The monoisotopic (exact) mass is 567 g/mol. The van der Waals surface area contributed by atoms with Crippen LogP contribution < -0.4 is 0 Å². The number of aromatic nitrogens is 3. The van der Waals surface area contributed by atoms with E-state index in [1.54, 1.807) is 11.3 Å². The third-order valence-corrected chi connectivity index (χ3v) is 8.74. The quantitative estimate of drug-likeness (QED) is 0.194. The minimum absolute atomic E-state index is 0.653. The van der Waals surface area contributed by atoms with Crippen LogP contribution in [0, 0.1) is 0 Å². The van der Waals surface area contributed by atoms with E-state index in [0.29, 0.717) is 17.5 Å². The van der Waals surface area contributed by atoms with Crippen molar-refractivity contribution in [3.8, 4) is 55.7 Å². The normalized spacial score (nSPS) is 11.3. The zero-order valence-electron chi connectivity index (χ0n) is 23.2. The molecule has 0 aliphatic heterocycles. The van der Waals surface area contributed by atoms with E-state index in [4.69, 9.17) is 15.0 Å². The molecule has 8 aromatic rings. The molecule has 0 atom stereocenters. The van der Waals surface area contributed by atoms with Gasteiger partial charge in [-0.1, -0.05) is 133 Å². The first-order valence-corrected chi connectivity index (χ1v) is 15.2. The van der Waals surface area contributed by atoms with Crippen LogP contribution in [-0.2, 0) is 0 Å². The summed E-state index contributed by atoms with van der Waals surface area (Å²) >= 11 is 1.76. The summed E-state index contributed by atoms with van der Waals surface area (Å²) in [5, 5.41) is 6.80. The Morgan fingerprint density at radius 3 is 1.49 bits per heavy atom. The van der Waals surface area contributed by atoms with Crippen LogP contribution in [0.5, 0.6) is 0 Å². The maximum Gasteiger partial charge on any atom is 0.165 e. The Kier molecular flexibility index (Phi) is 6.32.